The highest BCUT2D eigenvalue weighted by molar-refractivity contribution is 5.61. The average Bonchev–Trinajstić information content (AvgIpc) is 2.30. The average molecular weight is 221 g/mol. The van der Waals surface area contributed by atoms with Gasteiger partial charge < -0.3 is 11.1 Å². The summed E-state index contributed by atoms with van der Waals surface area (Å²) < 4.78 is 0. The Morgan fingerprint density at radius 1 is 1.62 bits per heavy atom. The molecule has 1 rings (SSSR count). The number of allylic oxidation sites excluding steroid dienone is 2. The predicted octanol–water partition coefficient (Wildman–Crippen LogP) is 2.42. The van der Waals surface area contributed by atoms with Crippen molar-refractivity contribution in [1.29, 1.82) is 0 Å². The van der Waals surface area contributed by atoms with Gasteiger partial charge in [-0.25, -0.2) is 0 Å². The largest absolute Gasteiger partial charge is 0.399 e. The summed E-state index contributed by atoms with van der Waals surface area (Å²) in [5.74, 6) is 0.776. The normalized spacial score (nSPS) is 23.8. The van der Waals surface area contributed by atoms with Crippen molar-refractivity contribution >= 4 is 6.34 Å². The Labute approximate surface area is 98.5 Å². The zero-order chi connectivity index (χ0) is 12.1. The molecule has 0 aromatic carbocycles. The molecule has 16 heavy (non-hydrogen) atoms. The van der Waals surface area contributed by atoms with Gasteiger partial charge >= 0.3 is 0 Å². The second-order valence-corrected chi connectivity index (χ2v) is 4.48. The molecule has 1 heterocycles. The third-order valence-electron chi connectivity index (χ3n) is 3.32. The van der Waals surface area contributed by atoms with Gasteiger partial charge in [0.2, 0.25) is 0 Å². The van der Waals surface area contributed by atoms with E-state index < -0.39 is 0 Å². The molecule has 3 unspecified atom stereocenters. The van der Waals surface area contributed by atoms with Crippen LogP contribution >= 0.6 is 0 Å². The van der Waals surface area contributed by atoms with E-state index in [0.717, 1.165) is 24.2 Å². The van der Waals surface area contributed by atoms with E-state index in [9.17, 15) is 0 Å². The first kappa shape index (κ1) is 12.8. The van der Waals surface area contributed by atoms with Crippen molar-refractivity contribution in [2.45, 2.75) is 39.7 Å². The highest BCUT2D eigenvalue weighted by Gasteiger charge is 2.23. The zero-order valence-corrected chi connectivity index (χ0v) is 10.5. The standard InChI is InChI=1S/C13H23N3/c1-5-7-11-12(14)13(16-8-15-11)10(4)9(3)6-2/h6,8-11H,2,5,7,14H2,1,3-4H3,(H,15,16). The second-order valence-electron chi connectivity index (χ2n) is 4.48. The summed E-state index contributed by atoms with van der Waals surface area (Å²) in [5.41, 5.74) is 8.18. The van der Waals surface area contributed by atoms with Gasteiger partial charge in [0.1, 0.15) is 0 Å². The summed E-state index contributed by atoms with van der Waals surface area (Å²) in [6.07, 6.45) is 5.86. The van der Waals surface area contributed by atoms with Gasteiger partial charge in [0.05, 0.1) is 18.1 Å². The quantitative estimate of drug-likeness (QED) is 0.700. The van der Waals surface area contributed by atoms with E-state index in [1.165, 1.54) is 0 Å². The molecular weight excluding hydrogens is 198 g/mol. The monoisotopic (exact) mass is 221 g/mol. The van der Waals surface area contributed by atoms with Crippen molar-refractivity contribution in [2.75, 3.05) is 0 Å². The maximum atomic E-state index is 6.17. The van der Waals surface area contributed by atoms with Gasteiger partial charge in [0.15, 0.2) is 0 Å². The van der Waals surface area contributed by atoms with Gasteiger partial charge in [-0.3, -0.25) is 4.99 Å². The van der Waals surface area contributed by atoms with Gasteiger partial charge in [0, 0.05) is 11.6 Å². The summed E-state index contributed by atoms with van der Waals surface area (Å²) in [6.45, 7) is 10.3. The van der Waals surface area contributed by atoms with Crippen LogP contribution in [-0.2, 0) is 0 Å². The van der Waals surface area contributed by atoms with E-state index in [2.05, 4.69) is 37.7 Å². The van der Waals surface area contributed by atoms with Crippen LogP contribution in [0.4, 0.5) is 0 Å². The minimum atomic E-state index is 0.153. The summed E-state index contributed by atoms with van der Waals surface area (Å²) in [6, 6.07) is 0.153. The molecule has 0 aromatic rings. The number of nitrogens with one attached hydrogen (secondary N) is 1. The van der Waals surface area contributed by atoms with Gasteiger partial charge in [-0.2, -0.15) is 0 Å². The summed E-state index contributed by atoms with van der Waals surface area (Å²) in [5, 5.41) is 3.19. The topological polar surface area (TPSA) is 50.4 Å². The molecule has 0 fully saturated rings. The lowest BCUT2D eigenvalue weighted by Crippen LogP contribution is -2.34. The molecule has 0 saturated carbocycles. The fourth-order valence-electron chi connectivity index (χ4n) is 1.90. The van der Waals surface area contributed by atoms with Crippen LogP contribution < -0.4 is 11.1 Å². The SMILES string of the molecule is C=CC(C)C(C)C1=C(N)C(CCC)N=CN1. The Bertz CT molecular complexity index is 304. The molecule has 3 nitrogen and oxygen atoms in total. The molecule has 0 amide bonds. The van der Waals surface area contributed by atoms with Crippen molar-refractivity contribution < 1.29 is 0 Å². The molecule has 0 bridgehead atoms. The highest BCUT2D eigenvalue weighted by Crippen LogP contribution is 2.24. The van der Waals surface area contributed by atoms with Crippen molar-refractivity contribution in [1.82, 2.24) is 5.32 Å². The van der Waals surface area contributed by atoms with Crippen LogP contribution in [-0.4, -0.2) is 12.4 Å². The van der Waals surface area contributed by atoms with Crippen molar-refractivity contribution in [2.24, 2.45) is 22.6 Å². The van der Waals surface area contributed by atoms with Crippen LogP contribution in [0.1, 0.15) is 33.6 Å². The smallest absolute Gasteiger partial charge is 0.0927 e. The fourth-order valence-corrected chi connectivity index (χ4v) is 1.90. The Morgan fingerprint density at radius 3 is 2.88 bits per heavy atom. The van der Waals surface area contributed by atoms with E-state index in [1.54, 1.807) is 6.34 Å². The Hall–Kier alpha value is -1.25. The summed E-state index contributed by atoms with van der Waals surface area (Å²) in [4.78, 5) is 4.37. The molecule has 3 atom stereocenters. The Balaban J connectivity index is 2.85. The second kappa shape index (κ2) is 5.73. The predicted molar refractivity (Wildman–Crippen MR) is 70.1 cm³/mol. The third-order valence-corrected chi connectivity index (χ3v) is 3.32. The molecule has 0 spiro atoms. The van der Waals surface area contributed by atoms with Crippen LogP contribution in [0.3, 0.4) is 0 Å². The molecular formula is C13H23N3. The zero-order valence-electron chi connectivity index (χ0n) is 10.5. The maximum absolute atomic E-state index is 6.17. The Kier molecular flexibility index (Phi) is 4.59. The lowest BCUT2D eigenvalue weighted by Gasteiger charge is -2.27. The molecule has 0 aliphatic carbocycles. The molecule has 0 saturated heterocycles. The third kappa shape index (κ3) is 2.65. The number of aliphatic imine (C=N–C) groups is 1. The van der Waals surface area contributed by atoms with Crippen molar-refractivity contribution in [3.05, 3.63) is 24.0 Å². The highest BCUT2D eigenvalue weighted by atomic mass is 15.0. The van der Waals surface area contributed by atoms with Crippen LogP contribution in [0.2, 0.25) is 0 Å². The minimum absolute atomic E-state index is 0.153. The van der Waals surface area contributed by atoms with Gasteiger partial charge in [0.25, 0.3) is 0 Å². The first-order valence-corrected chi connectivity index (χ1v) is 6.02. The van der Waals surface area contributed by atoms with Crippen LogP contribution in [0.25, 0.3) is 0 Å². The first-order valence-electron chi connectivity index (χ1n) is 6.02. The van der Waals surface area contributed by atoms with Gasteiger partial charge in [-0.05, 0) is 12.3 Å². The van der Waals surface area contributed by atoms with E-state index >= 15 is 0 Å². The molecule has 90 valence electrons. The number of nitrogens with two attached hydrogens (primary N) is 1. The van der Waals surface area contributed by atoms with Crippen molar-refractivity contribution in [3.63, 3.8) is 0 Å². The maximum Gasteiger partial charge on any atom is 0.0927 e. The first-order chi connectivity index (χ1) is 7.61. The van der Waals surface area contributed by atoms with Crippen LogP contribution in [0, 0.1) is 11.8 Å². The van der Waals surface area contributed by atoms with Crippen LogP contribution in [0.15, 0.2) is 29.0 Å². The van der Waals surface area contributed by atoms with Crippen molar-refractivity contribution in [3.8, 4) is 0 Å². The van der Waals surface area contributed by atoms with Gasteiger partial charge in [-0.15, -0.1) is 6.58 Å². The molecule has 1 aliphatic heterocycles. The molecule has 3 N–H and O–H groups in total. The lowest BCUT2D eigenvalue weighted by molar-refractivity contribution is 0.494. The summed E-state index contributed by atoms with van der Waals surface area (Å²) in [7, 11) is 0. The van der Waals surface area contributed by atoms with E-state index in [-0.39, 0.29) is 6.04 Å². The van der Waals surface area contributed by atoms with Crippen LogP contribution in [0.5, 0.6) is 0 Å². The van der Waals surface area contributed by atoms with E-state index in [1.807, 2.05) is 6.08 Å². The van der Waals surface area contributed by atoms with E-state index in [4.69, 9.17) is 5.73 Å². The Morgan fingerprint density at radius 2 is 2.31 bits per heavy atom. The molecule has 0 radical (unpaired) electrons. The molecule has 3 heteroatoms. The molecule has 0 aromatic heterocycles. The number of rotatable bonds is 5. The number of hydrogen-bond donors (Lipinski definition) is 2. The van der Waals surface area contributed by atoms with E-state index in [0.29, 0.717) is 11.8 Å². The number of hydrogen-bond acceptors (Lipinski definition) is 3. The molecule has 1 aliphatic rings. The number of nitrogens with zero attached hydrogens (tertiary/aromatic N) is 1. The summed E-state index contributed by atoms with van der Waals surface area (Å²) >= 11 is 0. The lowest BCUT2D eigenvalue weighted by atomic mass is 9.89. The minimum Gasteiger partial charge on any atom is -0.399 e. The van der Waals surface area contributed by atoms with Gasteiger partial charge in [-0.1, -0.05) is 33.3 Å². The fraction of sp³-hybridized carbons (Fsp3) is 0.615.